The van der Waals surface area contributed by atoms with Crippen LogP contribution in [0.25, 0.3) is 5.69 Å². The minimum absolute atomic E-state index is 0.299. The van der Waals surface area contributed by atoms with Gasteiger partial charge in [0.25, 0.3) is 0 Å². The van der Waals surface area contributed by atoms with Crippen molar-refractivity contribution in [2.24, 2.45) is 0 Å². The quantitative estimate of drug-likeness (QED) is 0.683. The third-order valence-corrected chi connectivity index (χ3v) is 2.55. The lowest BCUT2D eigenvalue weighted by Gasteiger charge is -2.05. The summed E-state index contributed by atoms with van der Waals surface area (Å²) < 4.78 is 6.90. The maximum Gasteiger partial charge on any atom is 0.143 e. The molecule has 2 heterocycles. The number of rotatable bonds is 2. The number of tetrazole rings is 1. The first-order chi connectivity index (χ1) is 7.34. The molecule has 0 amide bonds. The SMILES string of the molecule is Cc1cc(-n2cnnn2)ccc1C1CO1. The highest BCUT2D eigenvalue weighted by atomic mass is 16.6. The van der Waals surface area contributed by atoms with Crippen molar-refractivity contribution < 1.29 is 4.74 Å². The Labute approximate surface area is 86.7 Å². The van der Waals surface area contributed by atoms with Crippen LogP contribution in [0.15, 0.2) is 24.5 Å². The van der Waals surface area contributed by atoms with Gasteiger partial charge in [-0.2, -0.15) is 0 Å². The van der Waals surface area contributed by atoms with E-state index in [-0.39, 0.29) is 0 Å². The number of aryl methyl sites for hydroxylation is 1. The molecule has 5 heteroatoms. The van der Waals surface area contributed by atoms with Crippen LogP contribution in [-0.2, 0) is 4.74 Å². The van der Waals surface area contributed by atoms with E-state index in [2.05, 4.69) is 34.6 Å². The zero-order valence-electron chi connectivity index (χ0n) is 8.29. The molecule has 1 atom stereocenters. The van der Waals surface area contributed by atoms with Crippen molar-refractivity contribution in [2.45, 2.75) is 13.0 Å². The maximum atomic E-state index is 5.26. The Kier molecular flexibility index (Phi) is 1.78. The highest BCUT2D eigenvalue weighted by Gasteiger charge is 2.26. The summed E-state index contributed by atoms with van der Waals surface area (Å²) in [7, 11) is 0. The fourth-order valence-corrected chi connectivity index (χ4v) is 1.67. The van der Waals surface area contributed by atoms with E-state index in [9.17, 15) is 0 Å². The first-order valence-electron chi connectivity index (χ1n) is 4.80. The van der Waals surface area contributed by atoms with Gasteiger partial charge in [0, 0.05) is 0 Å². The van der Waals surface area contributed by atoms with E-state index in [1.165, 1.54) is 11.1 Å². The van der Waals surface area contributed by atoms with E-state index in [1.807, 2.05) is 6.07 Å². The van der Waals surface area contributed by atoms with Crippen LogP contribution in [0.2, 0.25) is 0 Å². The van der Waals surface area contributed by atoms with Crippen molar-refractivity contribution >= 4 is 0 Å². The number of aromatic nitrogens is 4. The highest BCUT2D eigenvalue weighted by molar-refractivity contribution is 5.41. The van der Waals surface area contributed by atoms with Crippen LogP contribution >= 0.6 is 0 Å². The summed E-state index contributed by atoms with van der Waals surface area (Å²) in [6.45, 7) is 2.91. The number of hydrogen-bond acceptors (Lipinski definition) is 4. The molecule has 76 valence electrons. The van der Waals surface area contributed by atoms with E-state index in [0.29, 0.717) is 6.10 Å². The molecule has 3 rings (SSSR count). The molecule has 0 bridgehead atoms. The van der Waals surface area contributed by atoms with Gasteiger partial charge in [-0.15, -0.1) is 5.10 Å². The molecule has 1 aromatic carbocycles. The lowest BCUT2D eigenvalue weighted by molar-refractivity contribution is 0.415. The van der Waals surface area contributed by atoms with Crippen LogP contribution in [-0.4, -0.2) is 26.8 Å². The van der Waals surface area contributed by atoms with Gasteiger partial charge in [0.1, 0.15) is 12.4 Å². The molecule has 1 fully saturated rings. The average Bonchev–Trinajstić information content (AvgIpc) is 2.93. The van der Waals surface area contributed by atoms with Crippen LogP contribution in [0.1, 0.15) is 17.2 Å². The number of nitrogens with zero attached hydrogens (tertiary/aromatic N) is 4. The molecule has 0 saturated carbocycles. The van der Waals surface area contributed by atoms with Gasteiger partial charge in [-0.3, -0.25) is 0 Å². The molecule has 1 unspecified atom stereocenters. The summed E-state index contributed by atoms with van der Waals surface area (Å²) >= 11 is 0. The fourth-order valence-electron chi connectivity index (χ4n) is 1.67. The van der Waals surface area contributed by atoms with Gasteiger partial charge >= 0.3 is 0 Å². The molecule has 0 N–H and O–H groups in total. The molecule has 1 saturated heterocycles. The molecule has 5 nitrogen and oxygen atoms in total. The van der Waals surface area contributed by atoms with Gasteiger partial charge in [-0.25, -0.2) is 4.68 Å². The van der Waals surface area contributed by atoms with E-state index in [1.54, 1.807) is 11.0 Å². The average molecular weight is 202 g/mol. The summed E-state index contributed by atoms with van der Waals surface area (Å²) in [5.41, 5.74) is 3.44. The summed E-state index contributed by atoms with van der Waals surface area (Å²) in [6, 6.07) is 6.14. The van der Waals surface area contributed by atoms with E-state index in [0.717, 1.165) is 12.3 Å². The molecule has 1 aliphatic rings. The summed E-state index contributed by atoms with van der Waals surface area (Å²) in [5, 5.41) is 11.1. The predicted molar refractivity (Wildman–Crippen MR) is 52.6 cm³/mol. The van der Waals surface area contributed by atoms with Crippen LogP contribution in [0.5, 0.6) is 0 Å². The van der Waals surface area contributed by atoms with Gasteiger partial charge in [0.15, 0.2) is 0 Å². The van der Waals surface area contributed by atoms with Crippen LogP contribution < -0.4 is 0 Å². The molecule has 2 aromatic rings. The van der Waals surface area contributed by atoms with E-state index >= 15 is 0 Å². The number of epoxide rings is 1. The Bertz CT molecular complexity index is 476. The summed E-state index contributed by atoms with van der Waals surface area (Å²) in [6.07, 6.45) is 1.88. The van der Waals surface area contributed by atoms with Gasteiger partial charge < -0.3 is 4.74 Å². The second-order valence-electron chi connectivity index (χ2n) is 3.62. The molecular formula is C10H10N4O. The molecule has 0 aliphatic carbocycles. The zero-order chi connectivity index (χ0) is 10.3. The van der Waals surface area contributed by atoms with Crippen molar-refractivity contribution in [3.8, 4) is 5.69 Å². The van der Waals surface area contributed by atoms with Crippen LogP contribution in [0, 0.1) is 6.92 Å². The van der Waals surface area contributed by atoms with Crippen LogP contribution in [0.3, 0.4) is 0 Å². The smallest absolute Gasteiger partial charge is 0.143 e. The Balaban J connectivity index is 2.01. The highest BCUT2D eigenvalue weighted by Crippen LogP contribution is 2.32. The lowest BCUT2D eigenvalue weighted by atomic mass is 10.1. The Morgan fingerprint density at radius 2 is 2.33 bits per heavy atom. The lowest BCUT2D eigenvalue weighted by Crippen LogP contribution is -1.97. The molecule has 15 heavy (non-hydrogen) atoms. The maximum absolute atomic E-state index is 5.26. The first kappa shape index (κ1) is 8.55. The fraction of sp³-hybridized carbons (Fsp3) is 0.300. The molecule has 0 spiro atoms. The van der Waals surface area contributed by atoms with Gasteiger partial charge in [0.2, 0.25) is 0 Å². The largest absolute Gasteiger partial charge is 0.368 e. The minimum Gasteiger partial charge on any atom is -0.368 e. The van der Waals surface area contributed by atoms with Crippen molar-refractivity contribution in [2.75, 3.05) is 6.61 Å². The Hall–Kier alpha value is -1.75. The Morgan fingerprint density at radius 1 is 1.47 bits per heavy atom. The molecular weight excluding hydrogens is 192 g/mol. The minimum atomic E-state index is 0.299. The topological polar surface area (TPSA) is 56.1 Å². The second kappa shape index (κ2) is 3.13. The van der Waals surface area contributed by atoms with E-state index < -0.39 is 0 Å². The predicted octanol–water partition coefficient (Wildman–Crippen LogP) is 1.04. The van der Waals surface area contributed by atoms with Crippen molar-refractivity contribution in [1.29, 1.82) is 0 Å². The molecule has 1 aliphatic heterocycles. The first-order valence-corrected chi connectivity index (χ1v) is 4.80. The standard InChI is InChI=1S/C10H10N4O/c1-7-4-8(14-6-11-12-13-14)2-3-9(7)10-5-15-10/h2-4,6,10H,5H2,1H3. The third-order valence-electron chi connectivity index (χ3n) is 2.55. The number of benzene rings is 1. The number of hydrogen-bond donors (Lipinski definition) is 0. The second-order valence-corrected chi connectivity index (χ2v) is 3.62. The monoisotopic (exact) mass is 202 g/mol. The van der Waals surface area contributed by atoms with Crippen molar-refractivity contribution in [3.05, 3.63) is 35.7 Å². The van der Waals surface area contributed by atoms with Crippen molar-refractivity contribution in [1.82, 2.24) is 20.2 Å². The van der Waals surface area contributed by atoms with Gasteiger partial charge in [-0.1, -0.05) is 6.07 Å². The van der Waals surface area contributed by atoms with Crippen molar-refractivity contribution in [3.63, 3.8) is 0 Å². The number of ether oxygens (including phenoxy) is 1. The normalized spacial score (nSPS) is 19.1. The van der Waals surface area contributed by atoms with Gasteiger partial charge in [0.05, 0.1) is 12.3 Å². The third kappa shape index (κ3) is 1.50. The Morgan fingerprint density at radius 3 is 2.93 bits per heavy atom. The summed E-state index contributed by atoms with van der Waals surface area (Å²) in [5.74, 6) is 0. The van der Waals surface area contributed by atoms with Gasteiger partial charge in [-0.05, 0) is 40.6 Å². The van der Waals surface area contributed by atoms with E-state index in [4.69, 9.17) is 4.74 Å². The van der Waals surface area contributed by atoms with Crippen LogP contribution in [0.4, 0.5) is 0 Å². The molecule has 1 aromatic heterocycles. The summed E-state index contributed by atoms with van der Waals surface area (Å²) in [4.78, 5) is 0. The molecule has 0 radical (unpaired) electrons. The zero-order valence-corrected chi connectivity index (χ0v) is 8.29.